The van der Waals surface area contributed by atoms with Gasteiger partial charge in [-0.05, 0) is 32.4 Å². The molecule has 25 heavy (non-hydrogen) atoms. The Bertz CT molecular complexity index is 625. The molecule has 0 spiro atoms. The zero-order chi connectivity index (χ0) is 19.4. The van der Waals surface area contributed by atoms with Gasteiger partial charge in [0.05, 0.1) is 5.56 Å². The van der Waals surface area contributed by atoms with Gasteiger partial charge in [-0.2, -0.15) is 13.2 Å². The van der Waals surface area contributed by atoms with Gasteiger partial charge in [-0.3, -0.25) is 4.79 Å². The van der Waals surface area contributed by atoms with Crippen LogP contribution in [0.25, 0.3) is 0 Å². The molecule has 0 bridgehead atoms. The summed E-state index contributed by atoms with van der Waals surface area (Å²) < 4.78 is 43.7. The van der Waals surface area contributed by atoms with Crippen LogP contribution in [-0.2, 0) is 10.9 Å². The maximum atomic E-state index is 12.9. The molecule has 0 fully saturated rings. The van der Waals surface area contributed by atoms with Crippen molar-refractivity contribution in [3.63, 3.8) is 0 Å². The van der Waals surface area contributed by atoms with Gasteiger partial charge in [0.25, 0.3) is 0 Å². The highest BCUT2D eigenvalue weighted by molar-refractivity contribution is 5.77. The number of benzene rings is 1. The van der Waals surface area contributed by atoms with Crippen LogP contribution in [0.4, 0.5) is 18.0 Å². The molecule has 1 amide bonds. The molecule has 0 aromatic heterocycles. The van der Waals surface area contributed by atoms with Crippen molar-refractivity contribution in [2.24, 2.45) is 0 Å². The Kier molecular flexibility index (Phi) is 6.55. The normalized spacial score (nSPS) is 14.6. The number of amides is 1. The van der Waals surface area contributed by atoms with E-state index in [-0.39, 0.29) is 11.8 Å². The number of hydrogen-bond acceptors (Lipinski definition) is 5. The van der Waals surface area contributed by atoms with Crippen molar-refractivity contribution >= 4 is 12.4 Å². The van der Waals surface area contributed by atoms with Crippen molar-refractivity contribution in [1.82, 2.24) is 5.32 Å². The molecule has 3 N–H and O–H groups in total. The third-order valence-corrected chi connectivity index (χ3v) is 3.07. The van der Waals surface area contributed by atoms with E-state index < -0.39 is 47.8 Å². The minimum atomic E-state index is -4.79. The number of carbonyl (C=O) groups excluding carboxylic acids is 2. The average Bonchev–Trinajstić information content (AvgIpc) is 2.48. The molecule has 2 atom stereocenters. The number of rotatable bonds is 5. The van der Waals surface area contributed by atoms with E-state index >= 15 is 0 Å². The molecule has 9 heteroatoms. The van der Waals surface area contributed by atoms with Crippen LogP contribution in [-0.4, -0.2) is 40.8 Å². The predicted molar refractivity (Wildman–Crippen MR) is 82.0 cm³/mol. The smallest absolute Gasteiger partial charge is 0.417 e. The zero-order valence-corrected chi connectivity index (χ0v) is 13.9. The Labute approximate surface area is 142 Å². The molecule has 1 aromatic rings. The second-order valence-electron chi connectivity index (χ2n) is 6.36. The Morgan fingerprint density at radius 2 is 1.88 bits per heavy atom. The molecule has 2 unspecified atom stereocenters. The van der Waals surface area contributed by atoms with E-state index in [1.807, 2.05) is 0 Å². The van der Waals surface area contributed by atoms with Gasteiger partial charge < -0.3 is 20.3 Å². The molecule has 1 rings (SSSR count). The van der Waals surface area contributed by atoms with E-state index in [4.69, 9.17) is 4.74 Å². The van der Waals surface area contributed by atoms with E-state index in [1.54, 1.807) is 20.8 Å². The highest BCUT2D eigenvalue weighted by Crippen LogP contribution is 2.33. The molecule has 0 radical (unpaired) electrons. The van der Waals surface area contributed by atoms with Crippen LogP contribution in [0.2, 0.25) is 0 Å². The number of alkyl halides is 3. The highest BCUT2D eigenvalue weighted by atomic mass is 19.4. The lowest BCUT2D eigenvalue weighted by atomic mass is 9.98. The molecule has 0 aliphatic carbocycles. The third kappa shape index (κ3) is 6.35. The molecule has 0 saturated carbocycles. The van der Waals surface area contributed by atoms with Gasteiger partial charge in [-0.15, -0.1) is 0 Å². The standard InChI is InChI=1S/C16H20F3NO5/c1-15(2,3)25-14(24)20-7-12(22)13(23)9-4-5-10(8-21)11(6-9)16(17,18)19/h4-6,8,12-13,22-23H,7H2,1-3H3,(H,20,24). The summed E-state index contributed by atoms with van der Waals surface area (Å²) in [6.45, 7) is 4.45. The summed E-state index contributed by atoms with van der Waals surface area (Å²) in [5.41, 5.74) is -2.80. The number of ether oxygens (including phenoxy) is 1. The second kappa shape index (κ2) is 7.83. The topological polar surface area (TPSA) is 95.9 Å². The highest BCUT2D eigenvalue weighted by Gasteiger charge is 2.34. The Balaban J connectivity index is 2.84. The number of aliphatic hydroxyl groups excluding tert-OH is 2. The van der Waals surface area contributed by atoms with E-state index in [1.165, 1.54) is 0 Å². The molecule has 6 nitrogen and oxygen atoms in total. The number of aldehydes is 1. The van der Waals surface area contributed by atoms with Crippen LogP contribution in [0, 0.1) is 0 Å². The summed E-state index contributed by atoms with van der Waals surface area (Å²) in [5.74, 6) is 0. The van der Waals surface area contributed by atoms with Gasteiger partial charge in [0.2, 0.25) is 0 Å². The molecular weight excluding hydrogens is 343 g/mol. The second-order valence-corrected chi connectivity index (χ2v) is 6.36. The van der Waals surface area contributed by atoms with Crippen molar-refractivity contribution in [2.75, 3.05) is 6.54 Å². The van der Waals surface area contributed by atoms with Gasteiger partial charge in [-0.25, -0.2) is 4.79 Å². The molecule has 0 heterocycles. The molecule has 0 aliphatic rings. The van der Waals surface area contributed by atoms with Crippen molar-refractivity contribution < 1.29 is 37.7 Å². The molecule has 140 valence electrons. The summed E-state index contributed by atoms with van der Waals surface area (Å²) in [4.78, 5) is 22.2. The van der Waals surface area contributed by atoms with Crippen molar-refractivity contribution in [1.29, 1.82) is 0 Å². The quantitative estimate of drug-likeness (QED) is 0.699. The number of aliphatic hydroxyl groups is 2. The van der Waals surface area contributed by atoms with E-state index in [9.17, 15) is 33.0 Å². The maximum Gasteiger partial charge on any atom is 0.417 e. The fourth-order valence-electron chi connectivity index (χ4n) is 1.94. The number of halogens is 3. The van der Waals surface area contributed by atoms with Gasteiger partial charge in [-0.1, -0.05) is 12.1 Å². The van der Waals surface area contributed by atoms with Gasteiger partial charge in [0, 0.05) is 12.1 Å². The first-order valence-corrected chi connectivity index (χ1v) is 7.34. The minimum Gasteiger partial charge on any atom is -0.444 e. The SMILES string of the molecule is CC(C)(C)OC(=O)NCC(O)C(O)c1ccc(C=O)c(C(F)(F)F)c1. The number of alkyl carbamates (subject to hydrolysis) is 1. The van der Waals surface area contributed by atoms with Crippen LogP contribution in [0.1, 0.15) is 48.4 Å². The van der Waals surface area contributed by atoms with Crippen LogP contribution in [0.5, 0.6) is 0 Å². The molecule has 0 saturated heterocycles. The first kappa shape index (κ1) is 20.9. The van der Waals surface area contributed by atoms with Crippen LogP contribution < -0.4 is 5.32 Å². The predicted octanol–water partition coefficient (Wildman–Crippen LogP) is 2.44. The van der Waals surface area contributed by atoms with Gasteiger partial charge >= 0.3 is 12.3 Å². The summed E-state index contributed by atoms with van der Waals surface area (Å²) >= 11 is 0. The summed E-state index contributed by atoms with van der Waals surface area (Å²) in [5, 5.41) is 22.1. The Morgan fingerprint density at radius 3 is 2.36 bits per heavy atom. The largest absolute Gasteiger partial charge is 0.444 e. The minimum absolute atomic E-state index is 0.0550. The average molecular weight is 363 g/mol. The summed E-state index contributed by atoms with van der Waals surface area (Å²) in [6, 6.07) is 2.59. The lowest BCUT2D eigenvalue weighted by Crippen LogP contribution is -2.38. The number of hydrogen-bond donors (Lipinski definition) is 3. The van der Waals surface area contributed by atoms with Crippen LogP contribution in [0.3, 0.4) is 0 Å². The van der Waals surface area contributed by atoms with E-state index in [0.29, 0.717) is 6.07 Å². The van der Waals surface area contributed by atoms with Gasteiger partial charge in [0.15, 0.2) is 6.29 Å². The first-order valence-electron chi connectivity index (χ1n) is 7.34. The van der Waals surface area contributed by atoms with E-state index in [2.05, 4.69) is 5.32 Å². The van der Waals surface area contributed by atoms with Crippen molar-refractivity contribution in [3.05, 3.63) is 34.9 Å². The van der Waals surface area contributed by atoms with Gasteiger partial charge in [0.1, 0.15) is 17.8 Å². The zero-order valence-electron chi connectivity index (χ0n) is 13.9. The number of nitrogens with one attached hydrogen (secondary N) is 1. The van der Waals surface area contributed by atoms with Crippen molar-refractivity contribution in [3.8, 4) is 0 Å². The summed E-state index contributed by atoms with van der Waals surface area (Å²) in [6.07, 6.45) is -8.84. The fraction of sp³-hybridized carbons (Fsp3) is 0.500. The van der Waals surface area contributed by atoms with Crippen LogP contribution >= 0.6 is 0 Å². The number of carbonyl (C=O) groups is 2. The Hall–Kier alpha value is -2.13. The first-order chi connectivity index (χ1) is 11.3. The molecular formula is C16H20F3NO5. The molecule has 0 aliphatic heterocycles. The van der Waals surface area contributed by atoms with E-state index in [0.717, 1.165) is 12.1 Å². The fourth-order valence-corrected chi connectivity index (χ4v) is 1.94. The third-order valence-electron chi connectivity index (χ3n) is 3.07. The Morgan fingerprint density at radius 1 is 1.28 bits per heavy atom. The van der Waals surface area contributed by atoms with Crippen LogP contribution in [0.15, 0.2) is 18.2 Å². The maximum absolute atomic E-state index is 12.9. The molecule has 1 aromatic carbocycles. The van der Waals surface area contributed by atoms with Crippen molar-refractivity contribution in [2.45, 2.75) is 44.8 Å². The lowest BCUT2D eigenvalue weighted by Gasteiger charge is -2.22. The summed E-state index contributed by atoms with van der Waals surface area (Å²) in [7, 11) is 0. The monoisotopic (exact) mass is 363 g/mol. The lowest BCUT2D eigenvalue weighted by molar-refractivity contribution is -0.138.